The van der Waals surface area contributed by atoms with Gasteiger partial charge in [0.15, 0.2) is 0 Å². The van der Waals surface area contributed by atoms with Crippen molar-refractivity contribution in [2.45, 2.75) is 217 Å². The standard InChI is InChI=1S/2C16H20O2.C14H16O2.C12H11BrO2.C12H9Cl3O2.C12H10Cl2O2/c1-16(2,3)13-6-4-11(5-7-13)12-8-14(17)10-15(18)9-12;1-2-3-4-12-5-7-13(8-6-12)14-9-15(17)11-16(18)10-14;1-9-3-10(2)5-11(4-9)12-6-13(15)8-14(16)7-12;13-10-3-1-2-8(4-10)9-5-11(14)7-12(15)6-9;13-7-3-10(14)12(11(15)4-7)6-1-8(16)5-9(17)2-6;13-9-1-7(2-10(14)5-9)8-3-11(15)6-12(16)4-8/h4-7,12H,8-10H2,1-3H3;5-8,14H,2-4,9-11H2,1H3;3-5,12H,6-8H2,1-2H3;1-4,9H,5-7H2;3-4,6H,1-2,5H2;1-2,5,8H,3-4,6H2. The third-order valence-corrected chi connectivity index (χ3v) is 20.2. The number of hydrogen-bond donors (Lipinski definition) is 0. The molecule has 6 aromatic rings. The summed E-state index contributed by atoms with van der Waals surface area (Å²) in [5, 5.41) is 2.34. The van der Waals surface area contributed by atoms with Crippen LogP contribution in [0.4, 0.5) is 0 Å². The highest BCUT2D eigenvalue weighted by atomic mass is 79.9. The highest BCUT2D eigenvalue weighted by molar-refractivity contribution is 9.10. The summed E-state index contributed by atoms with van der Waals surface area (Å²) in [6.45, 7) is 12.8. The SMILES string of the molecule is CC(C)(C)c1ccc(C2CC(=O)CC(=O)C2)cc1.CCCCc1ccc(C2CC(=O)CC(=O)C2)cc1.Cc1cc(C)cc(C2CC(=O)CC(=O)C2)c1.O=C1CC(=O)CC(c2c(Cl)cc(Cl)cc2Cl)C1.O=C1CC(=O)CC(c2cc(Cl)cc(Cl)c2)C1.O=C1CC(=O)CC(c2cccc(Br)c2)C1. The second-order valence-corrected chi connectivity index (χ2v) is 31.4. The molecule has 0 radical (unpaired) electrons. The number of Topliss-reactive ketones (excluding diaryl/α,β-unsaturated/α-hetero) is 12. The van der Waals surface area contributed by atoms with E-state index < -0.39 is 0 Å². The summed E-state index contributed by atoms with van der Waals surface area (Å²) >= 11 is 33.1. The summed E-state index contributed by atoms with van der Waals surface area (Å²) in [6.07, 6.45) is 9.74. The number of halogens is 6. The molecule has 100 heavy (non-hydrogen) atoms. The van der Waals surface area contributed by atoms with E-state index in [9.17, 15) is 57.5 Å². The van der Waals surface area contributed by atoms with Crippen LogP contribution in [0.1, 0.15) is 247 Å². The Labute approximate surface area is 620 Å². The van der Waals surface area contributed by atoms with Gasteiger partial charge in [-0.2, -0.15) is 0 Å². The van der Waals surface area contributed by atoms with E-state index in [1.165, 1.54) is 35.1 Å². The topological polar surface area (TPSA) is 205 Å². The van der Waals surface area contributed by atoms with Gasteiger partial charge in [0.05, 0.1) is 38.5 Å². The van der Waals surface area contributed by atoms with Crippen LogP contribution in [0.2, 0.25) is 25.1 Å². The monoisotopic (exact) mass is 1520 g/mol. The van der Waals surface area contributed by atoms with E-state index in [1.807, 2.05) is 38.1 Å². The zero-order chi connectivity index (χ0) is 73.1. The first kappa shape index (κ1) is 80.6. The van der Waals surface area contributed by atoms with Gasteiger partial charge in [0.25, 0.3) is 0 Å². The molecule has 0 unspecified atom stereocenters. The van der Waals surface area contributed by atoms with Gasteiger partial charge >= 0.3 is 0 Å². The molecule has 0 N–H and O–H groups in total. The van der Waals surface area contributed by atoms with Crippen LogP contribution in [0, 0.1) is 13.8 Å². The second-order valence-electron chi connectivity index (χ2n) is 28.3. The van der Waals surface area contributed by atoms with Crippen LogP contribution >= 0.6 is 73.9 Å². The minimum absolute atomic E-state index is 0.00246. The minimum atomic E-state index is -0.221. The van der Waals surface area contributed by atoms with Crippen LogP contribution in [-0.4, -0.2) is 69.4 Å². The Morgan fingerprint density at radius 2 is 0.660 bits per heavy atom. The van der Waals surface area contributed by atoms with E-state index >= 15 is 0 Å². The largest absolute Gasteiger partial charge is 0.299 e. The number of rotatable bonds is 9. The Morgan fingerprint density at radius 3 is 1.00 bits per heavy atom. The lowest BCUT2D eigenvalue weighted by atomic mass is 9.80. The van der Waals surface area contributed by atoms with Crippen LogP contribution in [-0.2, 0) is 69.4 Å². The number of unbranched alkanes of at least 4 members (excludes halogenated alkanes) is 1. The molecule has 18 heteroatoms. The van der Waals surface area contributed by atoms with E-state index in [4.69, 9.17) is 58.0 Å². The predicted molar refractivity (Wildman–Crippen MR) is 398 cm³/mol. The molecular formula is C82H86BrCl5O12. The molecule has 0 saturated heterocycles. The number of aryl methyl sites for hydroxylation is 3. The van der Waals surface area contributed by atoms with Crippen molar-refractivity contribution in [3.63, 3.8) is 0 Å². The molecule has 12 nitrogen and oxygen atoms in total. The van der Waals surface area contributed by atoms with Crippen LogP contribution in [0.25, 0.3) is 0 Å². The van der Waals surface area contributed by atoms with Crippen molar-refractivity contribution in [1.29, 1.82) is 0 Å². The molecule has 6 saturated carbocycles. The predicted octanol–water partition coefficient (Wildman–Crippen LogP) is 19.8. The lowest BCUT2D eigenvalue weighted by Crippen LogP contribution is -2.21. The van der Waals surface area contributed by atoms with Crippen LogP contribution in [0.3, 0.4) is 0 Å². The van der Waals surface area contributed by atoms with Gasteiger partial charge in [-0.3, -0.25) is 57.5 Å². The van der Waals surface area contributed by atoms with Gasteiger partial charge in [-0.25, -0.2) is 0 Å². The molecule has 0 amide bonds. The van der Waals surface area contributed by atoms with Crippen molar-refractivity contribution in [2.75, 3.05) is 0 Å². The number of carbonyl (C=O) groups excluding carboxylic acids is 12. The molecule has 0 aliphatic heterocycles. The number of ketones is 12. The van der Waals surface area contributed by atoms with E-state index in [0.717, 1.165) is 38.7 Å². The highest BCUT2D eigenvalue weighted by Crippen LogP contribution is 2.41. The summed E-state index contributed by atoms with van der Waals surface area (Å²) in [5.41, 5.74) is 11.1. The Hall–Kier alpha value is -6.71. The first-order chi connectivity index (χ1) is 47.2. The maximum atomic E-state index is 11.5. The van der Waals surface area contributed by atoms with Crippen molar-refractivity contribution in [1.82, 2.24) is 0 Å². The van der Waals surface area contributed by atoms with Crippen LogP contribution < -0.4 is 0 Å². The minimum Gasteiger partial charge on any atom is -0.299 e. The van der Waals surface area contributed by atoms with Gasteiger partial charge in [-0.1, -0.05) is 198 Å². The van der Waals surface area contributed by atoms with Gasteiger partial charge in [-0.05, 0) is 149 Å². The first-order valence-corrected chi connectivity index (χ1v) is 36.8. The Morgan fingerprint density at radius 1 is 0.350 bits per heavy atom. The smallest absolute Gasteiger partial charge is 0.140 e. The maximum absolute atomic E-state index is 11.5. The van der Waals surface area contributed by atoms with Gasteiger partial charge in [0.2, 0.25) is 0 Å². The number of carbonyl (C=O) groups is 12. The Bertz CT molecular complexity index is 3810. The fraction of sp³-hybridized carbons (Fsp3) is 0.415. The average Bonchev–Trinajstić information content (AvgIpc) is 0.785. The van der Waals surface area contributed by atoms with Crippen molar-refractivity contribution >= 4 is 143 Å². The van der Waals surface area contributed by atoms with Crippen molar-refractivity contribution in [3.05, 3.63) is 207 Å². The molecule has 12 rings (SSSR count). The fourth-order valence-electron chi connectivity index (χ4n) is 13.7. The number of hydrogen-bond acceptors (Lipinski definition) is 12. The van der Waals surface area contributed by atoms with Gasteiger partial charge in [-0.15, -0.1) is 0 Å². The fourth-order valence-corrected chi connectivity index (χ4v) is 15.7. The van der Waals surface area contributed by atoms with E-state index in [0.29, 0.717) is 108 Å². The average molecular weight is 1520 g/mol. The first-order valence-electron chi connectivity index (χ1n) is 34.1. The van der Waals surface area contributed by atoms with Crippen molar-refractivity contribution in [3.8, 4) is 0 Å². The summed E-state index contributed by atoms with van der Waals surface area (Å²) in [5.74, 6) is 0.607. The van der Waals surface area contributed by atoms with Gasteiger partial charge in [0.1, 0.15) is 69.4 Å². The lowest BCUT2D eigenvalue weighted by Gasteiger charge is -2.23. The van der Waals surface area contributed by atoms with E-state index in [1.54, 1.807) is 30.3 Å². The maximum Gasteiger partial charge on any atom is 0.140 e. The second kappa shape index (κ2) is 38.0. The van der Waals surface area contributed by atoms with Gasteiger partial charge in [0, 0.05) is 113 Å². The summed E-state index contributed by atoms with van der Waals surface area (Å²) in [6, 6.07) is 39.2. The van der Waals surface area contributed by atoms with Crippen LogP contribution in [0.15, 0.2) is 126 Å². The molecule has 0 bridgehead atoms. The van der Waals surface area contributed by atoms with Crippen molar-refractivity contribution in [2.24, 2.45) is 0 Å². The molecular weight excluding hydrogens is 1430 g/mol. The molecule has 0 atom stereocenters. The summed E-state index contributed by atoms with van der Waals surface area (Å²) in [7, 11) is 0. The molecule has 6 fully saturated rings. The molecule has 6 aromatic carbocycles. The van der Waals surface area contributed by atoms with Gasteiger partial charge < -0.3 is 0 Å². The highest BCUT2D eigenvalue weighted by Gasteiger charge is 2.33. The zero-order valence-corrected chi connectivity index (χ0v) is 62.9. The van der Waals surface area contributed by atoms with Crippen LogP contribution in [0.5, 0.6) is 0 Å². The number of benzene rings is 6. The van der Waals surface area contributed by atoms with Crippen molar-refractivity contribution < 1.29 is 57.5 Å². The Balaban J connectivity index is 0.000000169. The molecule has 6 aliphatic carbocycles. The van der Waals surface area contributed by atoms with E-state index in [-0.39, 0.29) is 149 Å². The third-order valence-electron chi connectivity index (χ3n) is 18.4. The Kier molecular flexibility index (Phi) is 30.6. The normalized spacial score (nSPS) is 17.8. The molecule has 0 spiro atoms. The molecule has 6 aliphatic rings. The molecule has 0 aromatic heterocycles. The lowest BCUT2D eigenvalue weighted by molar-refractivity contribution is -0.131. The van der Waals surface area contributed by atoms with E-state index in [2.05, 4.69) is 110 Å². The third kappa shape index (κ3) is 26.0. The summed E-state index contributed by atoms with van der Waals surface area (Å²) in [4.78, 5) is 137. The summed E-state index contributed by atoms with van der Waals surface area (Å²) < 4.78 is 0.991. The zero-order valence-electron chi connectivity index (χ0n) is 57.5. The molecule has 0 heterocycles. The quantitative estimate of drug-likeness (QED) is 0.124. The molecule has 528 valence electrons.